The standard InChI is InChI=1S/C23H23BrN2O4S/c1-14(2)18-8-7-15(3)9-20(18)29-12-22(28)30-11-21(27)26-23-25-19(13-31-23)16-5-4-6-17(24)10-16/h4-10,13-14H,11-12H2,1-3H3,(H,25,26,27). The van der Waals surface area contributed by atoms with E-state index in [0.717, 1.165) is 26.9 Å². The molecule has 0 saturated heterocycles. The van der Waals surface area contributed by atoms with Gasteiger partial charge in [-0.05, 0) is 42.2 Å². The maximum atomic E-state index is 12.1. The maximum Gasteiger partial charge on any atom is 0.344 e. The third-order valence-electron chi connectivity index (χ3n) is 4.37. The molecular weight excluding hydrogens is 480 g/mol. The minimum atomic E-state index is -0.611. The summed E-state index contributed by atoms with van der Waals surface area (Å²) in [7, 11) is 0. The van der Waals surface area contributed by atoms with Crippen LogP contribution in [0.25, 0.3) is 11.3 Å². The SMILES string of the molecule is Cc1ccc(C(C)C)c(OCC(=O)OCC(=O)Nc2nc(-c3cccc(Br)c3)cs2)c1. The largest absolute Gasteiger partial charge is 0.482 e. The average Bonchev–Trinajstić information content (AvgIpc) is 3.19. The van der Waals surface area contributed by atoms with E-state index in [1.54, 1.807) is 0 Å². The fourth-order valence-corrected chi connectivity index (χ4v) is 3.97. The summed E-state index contributed by atoms with van der Waals surface area (Å²) in [5.74, 6) is -0.154. The number of aromatic nitrogens is 1. The third kappa shape index (κ3) is 6.63. The highest BCUT2D eigenvalue weighted by Gasteiger charge is 2.14. The van der Waals surface area contributed by atoms with Gasteiger partial charge < -0.3 is 9.47 Å². The van der Waals surface area contributed by atoms with E-state index in [-0.39, 0.29) is 12.5 Å². The zero-order valence-electron chi connectivity index (χ0n) is 17.5. The van der Waals surface area contributed by atoms with Gasteiger partial charge in [-0.15, -0.1) is 11.3 Å². The molecule has 1 aromatic heterocycles. The average molecular weight is 503 g/mol. The van der Waals surface area contributed by atoms with Crippen LogP contribution < -0.4 is 10.1 Å². The van der Waals surface area contributed by atoms with Crippen LogP contribution in [-0.4, -0.2) is 30.1 Å². The highest BCUT2D eigenvalue weighted by Crippen LogP contribution is 2.28. The molecule has 1 heterocycles. The van der Waals surface area contributed by atoms with Gasteiger partial charge in [-0.1, -0.05) is 54.0 Å². The van der Waals surface area contributed by atoms with Crippen LogP contribution in [0.5, 0.6) is 5.75 Å². The summed E-state index contributed by atoms with van der Waals surface area (Å²) < 4.78 is 11.6. The molecule has 3 rings (SSSR count). The number of hydrogen-bond acceptors (Lipinski definition) is 6. The Balaban J connectivity index is 1.48. The zero-order valence-corrected chi connectivity index (χ0v) is 19.9. The van der Waals surface area contributed by atoms with Crippen LogP contribution in [0, 0.1) is 6.92 Å². The minimum absolute atomic E-state index is 0.262. The highest BCUT2D eigenvalue weighted by atomic mass is 79.9. The lowest BCUT2D eigenvalue weighted by atomic mass is 10.0. The van der Waals surface area contributed by atoms with Crippen molar-refractivity contribution in [2.45, 2.75) is 26.7 Å². The number of esters is 1. The molecule has 6 nitrogen and oxygen atoms in total. The Morgan fingerprint density at radius 2 is 1.97 bits per heavy atom. The van der Waals surface area contributed by atoms with Crippen LogP contribution in [0.2, 0.25) is 0 Å². The Kier molecular flexibility index (Phi) is 7.81. The number of halogens is 1. The summed E-state index contributed by atoms with van der Waals surface area (Å²) in [6, 6.07) is 13.6. The molecule has 2 aromatic carbocycles. The van der Waals surface area contributed by atoms with Gasteiger partial charge in [0.05, 0.1) is 5.69 Å². The second-order valence-electron chi connectivity index (χ2n) is 7.24. The molecule has 0 aliphatic heterocycles. The Morgan fingerprint density at radius 3 is 2.71 bits per heavy atom. The van der Waals surface area contributed by atoms with Crippen LogP contribution in [0.3, 0.4) is 0 Å². The van der Waals surface area contributed by atoms with E-state index in [4.69, 9.17) is 9.47 Å². The van der Waals surface area contributed by atoms with Gasteiger partial charge in [-0.25, -0.2) is 9.78 Å². The number of ether oxygens (including phenoxy) is 2. The molecule has 0 aliphatic carbocycles. The van der Waals surface area contributed by atoms with Gasteiger partial charge >= 0.3 is 5.97 Å². The lowest BCUT2D eigenvalue weighted by Gasteiger charge is -2.14. The van der Waals surface area contributed by atoms with Crippen molar-refractivity contribution in [3.63, 3.8) is 0 Å². The van der Waals surface area contributed by atoms with Crippen molar-refractivity contribution in [3.8, 4) is 17.0 Å². The Hall–Kier alpha value is -2.71. The second kappa shape index (κ2) is 10.5. The molecule has 162 valence electrons. The summed E-state index contributed by atoms with van der Waals surface area (Å²) in [6.45, 7) is 5.40. The van der Waals surface area contributed by atoms with Crippen molar-refractivity contribution in [1.82, 2.24) is 4.98 Å². The molecule has 0 radical (unpaired) electrons. The van der Waals surface area contributed by atoms with Gasteiger partial charge in [0.1, 0.15) is 5.75 Å². The quantitative estimate of drug-likeness (QED) is 0.407. The first-order chi connectivity index (χ1) is 14.8. The number of hydrogen-bond donors (Lipinski definition) is 1. The third-order valence-corrected chi connectivity index (χ3v) is 5.62. The van der Waals surface area contributed by atoms with E-state index in [1.807, 2.05) is 54.8 Å². The number of amides is 1. The molecule has 0 fully saturated rings. The van der Waals surface area contributed by atoms with E-state index in [9.17, 15) is 9.59 Å². The summed E-state index contributed by atoms with van der Waals surface area (Å²) >= 11 is 4.73. The van der Waals surface area contributed by atoms with Crippen molar-refractivity contribution < 1.29 is 19.1 Å². The molecule has 31 heavy (non-hydrogen) atoms. The Morgan fingerprint density at radius 1 is 1.16 bits per heavy atom. The Labute approximate surface area is 193 Å². The maximum absolute atomic E-state index is 12.1. The van der Waals surface area contributed by atoms with E-state index < -0.39 is 18.5 Å². The van der Waals surface area contributed by atoms with Gasteiger partial charge in [0, 0.05) is 15.4 Å². The number of rotatable bonds is 8. The first kappa shape index (κ1) is 23.0. The first-order valence-electron chi connectivity index (χ1n) is 9.72. The van der Waals surface area contributed by atoms with Gasteiger partial charge in [0.2, 0.25) is 0 Å². The minimum Gasteiger partial charge on any atom is -0.482 e. The molecular formula is C23H23BrN2O4S. The lowest BCUT2D eigenvalue weighted by Crippen LogP contribution is -2.23. The van der Waals surface area contributed by atoms with Gasteiger partial charge in [-0.2, -0.15) is 0 Å². The van der Waals surface area contributed by atoms with Gasteiger partial charge in [0.25, 0.3) is 5.91 Å². The lowest BCUT2D eigenvalue weighted by molar-refractivity contribution is -0.149. The van der Waals surface area contributed by atoms with Crippen LogP contribution in [0.15, 0.2) is 52.3 Å². The van der Waals surface area contributed by atoms with Crippen molar-refractivity contribution in [2.24, 2.45) is 0 Å². The van der Waals surface area contributed by atoms with E-state index in [1.165, 1.54) is 11.3 Å². The van der Waals surface area contributed by atoms with E-state index in [2.05, 4.69) is 40.1 Å². The number of nitrogens with one attached hydrogen (secondary N) is 1. The van der Waals surface area contributed by atoms with E-state index in [0.29, 0.717) is 10.9 Å². The number of thiazole rings is 1. The van der Waals surface area contributed by atoms with Crippen LogP contribution in [0.1, 0.15) is 30.9 Å². The van der Waals surface area contributed by atoms with Crippen LogP contribution in [-0.2, 0) is 14.3 Å². The number of aryl methyl sites for hydroxylation is 1. The molecule has 8 heteroatoms. The van der Waals surface area contributed by atoms with E-state index >= 15 is 0 Å². The Bertz CT molecular complexity index is 1080. The number of nitrogens with zero attached hydrogens (tertiary/aromatic N) is 1. The van der Waals surface area contributed by atoms with Crippen molar-refractivity contribution in [3.05, 3.63) is 63.4 Å². The topological polar surface area (TPSA) is 77.5 Å². The van der Waals surface area contributed by atoms with Crippen LogP contribution in [0.4, 0.5) is 5.13 Å². The number of benzene rings is 2. The molecule has 0 unspecified atom stereocenters. The fraction of sp³-hybridized carbons (Fsp3) is 0.261. The van der Waals surface area contributed by atoms with Crippen molar-refractivity contribution in [2.75, 3.05) is 18.5 Å². The molecule has 0 bridgehead atoms. The van der Waals surface area contributed by atoms with Crippen LogP contribution >= 0.6 is 27.3 Å². The monoisotopic (exact) mass is 502 g/mol. The normalized spacial score (nSPS) is 10.7. The highest BCUT2D eigenvalue weighted by molar-refractivity contribution is 9.10. The number of carbonyl (C=O) groups excluding carboxylic acids is 2. The van der Waals surface area contributed by atoms with Gasteiger partial charge in [0.15, 0.2) is 18.3 Å². The molecule has 0 aliphatic rings. The first-order valence-corrected chi connectivity index (χ1v) is 11.4. The zero-order chi connectivity index (χ0) is 22.4. The second-order valence-corrected chi connectivity index (χ2v) is 9.02. The summed E-state index contributed by atoms with van der Waals surface area (Å²) in [6.07, 6.45) is 0. The van der Waals surface area contributed by atoms with Crippen molar-refractivity contribution in [1.29, 1.82) is 0 Å². The number of carbonyl (C=O) groups is 2. The summed E-state index contributed by atoms with van der Waals surface area (Å²) in [5, 5.41) is 4.94. The predicted molar refractivity (Wildman–Crippen MR) is 126 cm³/mol. The summed E-state index contributed by atoms with van der Waals surface area (Å²) in [5.41, 5.74) is 3.75. The molecule has 0 spiro atoms. The molecule has 3 aromatic rings. The molecule has 1 amide bonds. The molecule has 0 atom stereocenters. The summed E-state index contributed by atoms with van der Waals surface area (Å²) in [4.78, 5) is 28.5. The van der Waals surface area contributed by atoms with Crippen molar-refractivity contribution >= 4 is 44.3 Å². The smallest absolute Gasteiger partial charge is 0.344 e. The molecule has 1 N–H and O–H groups in total. The fourth-order valence-electron chi connectivity index (χ4n) is 2.83. The predicted octanol–water partition coefficient (Wildman–Crippen LogP) is 5.57. The van der Waals surface area contributed by atoms with Gasteiger partial charge in [-0.3, -0.25) is 10.1 Å². The molecule has 0 saturated carbocycles. The number of anilines is 1.